The molecule has 0 aliphatic carbocycles. The minimum absolute atomic E-state index is 0.242. The van der Waals surface area contributed by atoms with Crippen LogP contribution in [-0.4, -0.2) is 140 Å². The molecule has 14 heteroatoms. The predicted molar refractivity (Wildman–Crippen MR) is 313 cm³/mol. The van der Waals surface area contributed by atoms with E-state index in [4.69, 9.17) is 18.9 Å². The summed E-state index contributed by atoms with van der Waals surface area (Å²) in [6.45, 7) is 2.68. The number of nitrogens with one attached hydrogen (secondary N) is 1. The van der Waals surface area contributed by atoms with Crippen LogP contribution in [0.1, 0.15) is 232 Å². The molecule has 2 aliphatic heterocycles. The minimum Gasteiger partial charge on any atom is -0.394 e. The molecule has 0 radical (unpaired) electrons. The third kappa shape index (κ3) is 34.0. The summed E-state index contributed by atoms with van der Waals surface area (Å²) in [6.07, 6.45) is 48.1. The molecule has 1 amide bonds. The Kier molecular flexibility index (Phi) is 45.0. The monoisotopic (exact) mass is 1100 g/mol. The van der Waals surface area contributed by atoms with Crippen molar-refractivity contribution in [3.05, 3.63) is 72.9 Å². The van der Waals surface area contributed by atoms with Crippen molar-refractivity contribution in [2.45, 2.75) is 306 Å². The predicted octanol–water partition coefficient (Wildman–Crippen LogP) is 11.1. The lowest BCUT2D eigenvalue weighted by Gasteiger charge is -2.46. The van der Waals surface area contributed by atoms with E-state index in [2.05, 4.69) is 79.9 Å². The first kappa shape index (κ1) is 71.5. The summed E-state index contributed by atoms with van der Waals surface area (Å²) in [4.78, 5) is 13.3. The largest absolute Gasteiger partial charge is 0.394 e. The van der Waals surface area contributed by atoms with Crippen LogP contribution >= 0.6 is 0 Å². The highest BCUT2D eigenvalue weighted by Crippen LogP contribution is 2.30. The number of aliphatic hydroxyl groups is 8. The van der Waals surface area contributed by atoms with Gasteiger partial charge in [-0.05, 0) is 64.2 Å². The Morgan fingerprint density at radius 1 is 0.474 bits per heavy atom. The van der Waals surface area contributed by atoms with Crippen LogP contribution in [0.3, 0.4) is 0 Å². The maximum atomic E-state index is 13.3. The first-order chi connectivity index (χ1) is 38.1. The number of unbranched alkanes of at least 4 members (excludes halogenated alkanes) is 26. The van der Waals surface area contributed by atoms with E-state index in [0.717, 1.165) is 70.6 Å². The van der Waals surface area contributed by atoms with Crippen LogP contribution in [-0.2, 0) is 23.7 Å². The second-order valence-electron chi connectivity index (χ2n) is 21.8. The molecule has 2 saturated heterocycles. The molecular weight excluding hydrogens is 991 g/mol. The van der Waals surface area contributed by atoms with E-state index in [9.17, 15) is 45.6 Å². The Hall–Kier alpha value is -2.57. The van der Waals surface area contributed by atoms with Crippen molar-refractivity contribution >= 4 is 5.91 Å². The number of hydrogen-bond acceptors (Lipinski definition) is 13. The zero-order chi connectivity index (χ0) is 56.7. The summed E-state index contributed by atoms with van der Waals surface area (Å²) in [5.74, 6) is -0.242. The van der Waals surface area contributed by atoms with Crippen LogP contribution in [0.4, 0.5) is 0 Å². The van der Waals surface area contributed by atoms with Gasteiger partial charge in [-0.2, -0.15) is 0 Å². The van der Waals surface area contributed by atoms with E-state index >= 15 is 0 Å². The molecule has 12 unspecified atom stereocenters. The number of rotatable bonds is 49. The lowest BCUT2D eigenvalue weighted by Crippen LogP contribution is -2.65. The van der Waals surface area contributed by atoms with Gasteiger partial charge in [-0.15, -0.1) is 0 Å². The van der Waals surface area contributed by atoms with Crippen molar-refractivity contribution in [2.24, 2.45) is 0 Å². The molecule has 2 fully saturated rings. The zero-order valence-electron chi connectivity index (χ0n) is 48.6. The summed E-state index contributed by atoms with van der Waals surface area (Å²) in [5, 5.41) is 87.1. The molecule has 0 aromatic carbocycles. The van der Waals surface area contributed by atoms with Gasteiger partial charge in [0.2, 0.25) is 5.91 Å². The molecule has 14 nitrogen and oxygen atoms in total. The average Bonchev–Trinajstić information content (AvgIpc) is 3.47. The molecule has 452 valence electrons. The highest BCUT2D eigenvalue weighted by atomic mass is 16.7. The molecule has 0 saturated carbocycles. The summed E-state index contributed by atoms with van der Waals surface area (Å²) < 4.78 is 22.8. The molecule has 0 aromatic heterocycles. The van der Waals surface area contributed by atoms with Crippen molar-refractivity contribution in [2.75, 3.05) is 19.8 Å². The van der Waals surface area contributed by atoms with Crippen LogP contribution in [0.2, 0.25) is 0 Å². The van der Waals surface area contributed by atoms with Gasteiger partial charge in [-0.1, -0.05) is 234 Å². The summed E-state index contributed by atoms with van der Waals surface area (Å²) in [7, 11) is 0. The van der Waals surface area contributed by atoms with Gasteiger partial charge < -0.3 is 65.1 Å². The summed E-state index contributed by atoms with van der Waals surface area (Å²) in [6, 6.07) is -0.916. The van der Waals surface area contributed by atoms with Gasteiger partial charge in [-0.3, -0.25) is 4.79 Å². The number of allylic oxidation sites excluding steroid dienone is 11. The Labute approximate surface area is 472 Å². The van der Waals surface area contributed by atoms with Crippen LogP contribution in [0, 0.1) is 0 Å². The molecule has 78 heavy (non-hydrogen) atoms. The normalized spacial score (nSPS) is 25.1. The lowest BCUT2D eigenvalue weighted by atomic mass is 9.97. The third-order valence-corrected chi connectivity index (χ3v) is 14.9. The summed E-state index contributed by atoms with van der Waals surface area (Å²) >= 11 is 0. The van der Waals surface area contributed by atoms with E-state index in [1.54, 1.807) is 6.08 Å². The Morgan fingerprint density at radius 2 is 0.885 bits per heavy atom. The van der Waals surface area contributed by atoms with E-state index in [-0.39, 0.29) is 18.9 Å². The summed E-state index contributed by atoms with van der Waals surface area (Å²) in [5.41, 5.74) is 0. The number of carbonyl (C=O) groups excluding carboxylic acids is 1. The second-order valence-corrected chi connectivity index (χ2v) is 21.8. The van der Waals surface area contributed by atoms with Crippen LogP contribution in [0.5, 0.6) is 0 Å². The number of amides is 1. The van der Waals surface area contributed by atoms with Crippen LogP contribution in [0.15, 0.2) is 72.9 Å². The van der Waals surface area contributed by atoms with Crippen molar-refractivity contribution in [1.29, 1.82) is 0 Å². The van der Waals surface area contributed by atoms with Crippen LogP contribution in [0.25, 0.3) is 0 Å². The average molecular weight is 1100 g/mol. The SMILES string of the molecule is CC/C=C\C/C=C\C/C=C\C/C=C\C/C=C\CCCCCCCCCCCCCCCCCC(=O)NC(COC1OC(CO)C(OC2OC(CO)C(O)C(O)C2O)C(O)C1O)C(O)/C=C/CCCCCCCCCCCCC. The molecule has 12 atom stereocenters. The van der Waals surface area contributed by atoms with Crippen LogP contribution < -0.4 is 5.32 Å². The fourth-order valence-corrected chi connectivity index (χ4v) is 9.91. The zero-order valence-corrected chi connectivity index (χ0v) is 48.6. The first-order valence-corrected chi connectivity index (χ1v) is 31.2. The number of aliphatic hydroxyl groups excluding tert-OH is 8. The van der Waals surface area contributed by atoms with E-state index in [0.29, 0.717) is 6.42 Å². The number of hydrogen-bond donors (Lipinski definition) is 9. The highest BCUT2D eigenvalue weighted by Gasteiger charge is 2.51. The fourth-order valence-electron chi connectivity index (χ4n) is 9.91. The molecule has 2 aliphatic rings. The maximum absolute atomic E-state index is 13.3. The Morgan fingerprint density at radius 3 is 1.36 bits per heavy atom. The standard InChI is InChI=1S/C64H113NO13/c1-3-5-7-9-11-13-15-17-18-19-20-21-22-23-24-25-26-27-28-29-30-31-32-33-34-36-38-40-42-44-46-48-56(69)65-52(53(68)47-45-43-41-39-37-35-16-14-12-10-8-6-4-2)51-75-63-61(74)59(72)62(55(50-67)77-63)78-64-60(73)58(71)57(70)54(49-66)76-64/h5,7,11,13,17-18,20-21,23-24,45,47,52-55,57-64,66-68,70-74H,3-4,6,8-10,12,14-16,19,22,25-44,46,48-51H2,1-2H3,(H,65,69)/b7-5-,13-11-,18-17-,21-20-,24-23-,47-45+. The fraction of sp³-hybridized carbons (Fsp3) is 0.797. The van der Waals surface area contributed by atoms with Crippen molar-refractivity contribution in [3.8, 4) is 0 Å². The van der Waals surface area contributed by atoms with Gasteiger partial charge in [0.25, 0.3) is 0 Å². The topological polar surface area (TPSA) is 228 Å². The molecule has 0 spiro atoms. The molecule has 2 rings (SSSR count). The smallest absolute Gasteiger partial charge is 0.220 e. The van der Waals surface area contributed by atoms with Gasteiger partial charge >= 0.3 is 0 Å². The minimum atomic E-state index is -1.79. The highest BCUT2D eigenvalue weighted by molar-refractivity contribution is 5.76. The molecular formula is C64H113NO13. The number of carbonyl (C=O) groups is 1. The second kappa shape index (κ2) is 49.1. The Bertz CT molecular complexity index is 1580. The van der Waals surface area contributed by atoms with Gasteiger partial charge in [0.15, 0.2) is 12.6 Å². The Balaban J connectivity index is 1.66. The lowest BCUT2D eigenvalue weighted by molar-refractivity contribution is -0.359. The first-order valence-electron chi connectivity index (χ1n) is 31.2. The molecule has 0 bridgehead atoms. The van der Waals surface area contributed by atoms with Gasteiger partial charge in [-0.25, -0.2) is 0 Å². The number of ether oxygens (including phenoxy) is 4. The van der Waals surface area contributed by atoms with E-state index in [1.165, 1.54) is 135 Å². The van der Waals surface area contributed by atoms with Gasteiger partial charge in [0.1, 0.15) is 48.8 Å². The van der Waals surface area contributed by atoms with Gasteiger partial charge in [0, 0.05) is 6.42 Å². The maximum Gasteiger partial charge on any atom is 0.220 e. The molecule has 9 N–H and O–H groups in total. The van der Waals surface area contributed by atoms with E-state index in [1.807, 2.05) is 6.08 Å². The van der Waals surface area contributed by atoms with Gasteiger partial charge in [0.05, 0.1) is 32.0 Å². The molecule has 2 heterocycles. The van der Waals surface area contributed by atoms with Crippen molar-refractivity contribution in [3.63, 3.8) is 0 Å². The quantitative estimate of drug-likeness (QED) is 0.0204. The third-order valence-electron chi connectivity index (χ3n) is 14.9. The van der Waals surface area contributed by atoms with Crippen molar-refractivity contribution < 1.29 is 64.6 Å². The van der Waals surface area contributed by atoms with Crippen molar-refractivity contribution in [1.82, 2.24) is 5.32 Å². The molecule has 0 aromatic rings. The van der Waals surface area contributed by atoms with E-state index < -0.39 is 86.8 Å².